The monoisotopic (exact) mass is 663 g/mol. The van der Waals surface area contributed by atoms with Crippen LogP contribution in [0.1, 0.15) is 54.9 Å². The number of carbonyl (C=O) groups excluding carboxylic acids is 7. The second kappa shape index (κ2) is 17.7. The summed E-state index contributed by atoms with van der Waals surface area (Å²) in [5.74, 6) is -5.64. The maximum Gasteiger partial charge on any atom is 0.303 e. The number of esters is 7. The molecule has 2 saturated heterocycles. The molecule has 260 valence electrons. The van der Waals surface area contributed by atoms with Gasteiger partial charge in [0.2, 0.25) is 0 Å². The molecule has 18 nitrogen and oxygen atoms in total. The molecule has 0 aromatic carbocycles. The van der Waals surface area contributed by atoms with Crippen LogP contribution in [0, 0.1) is 0 Å². The highest BCUT2D eigenvalue weighted by atomic mass is 16.8. The van der Waals surface area contributed by atoms with Crippen LogP contribution in [-0.4, -0.2) is 123 Å². The Labute approximate surface area is 264 Å². The fourth-order valence-corrected chi connectivity index (χ4v) is 5.00. The highest BCUT2D eigenvalue weighted by molar-refractivity contribution is 5.69. The van der Waals surface area contributed by atoms with E-state index in [-0.39, 0.29) is 13.0 Å². The maximum absolute atomic E-state index is 12.3. The quantitative estimate of drug-likeness (QED) is 0.183. The molecule has 0 aromatic rings. The lowest BCUT2D eigenvalue weighted by Crippen LogP contribution is -2.67. The van der Waals surface area contributed by atoms with Crippen molar-refractivity contribution in [2.75, 3.05) is 19.8 Å². The first-order valence-electron chi connectivity index (χ1n) is 14.3. The fraction of sp³-hybridized carbons (Fsp3) is 0.750. The smallest absolute Gasteiger partial charge is 0.303 e. The van der Waals surface area contributed by atoms with E-state index < -0.39 is 116 Å². The Morgan fingerprint density at radius 2 is 0.848 bits per heavy atom. The van der Waals surface area contributed by atoms with Crippen molar-refractivity contribution in [1.82, 2.24) is 0 Å². The molecule has 0 amide bonds. The van der Waals surface area contributed by atoms with Gasteiger partial charge >= 0.3 is 41.8 Å². The van der Waals surface area contributed by atoms with Gasteiger partial charge in [-0.2, -0.15) is 0 Å². The molecular formula is C28H41NO17. The Morgan fingerprint density at radius 1 is 0.478 bits per heavy atom. The van der Waals surface area contributed by atoms with E-state index in [0.29, 0.717) is 0 Å². The lowest BCUT2D eigenvalue weighted by Gasteiger charge is -2.49. The van der Waals surface area contributed by atoms with E-state index in [0.717, 1.165) is 48.5 Å². The van der Waals surface area contributed by atoms with Gasteiger partial charge in [0.1, 0.15) is 37.6 Å². The fourth-order valence-electron chi connectivity index (χ4n) is 5.00. The van der Waals surface area contributed by atoms with Crippen molar-refractivity contribution in [2.24, 2.45) is 5.73 Å². The van der Waals surface area contributed by atoms with Crippen molar-refractivity contribution in [2.45, 2.75) is 116 Å². The first kappa shape index (κ1) is 38.3. The molecule has 2 N–H and O–H groups in total. The van der Waals surface area contributed by atoms with E-state index in [1.54, 1.807) is 0 Å². The summed E-state index contributed by atoms with van der Waals surface area (Å²) in [6.45, 7) is 6.65. The van der Waals surface area contributed by atoms with Gasteiger partial charge in [-0.3, -0.25) is 33.6 Å². The molecule has 2 aliphatic heterocycles. The van der Waals surface area contributed by atoms with Crippen LogP contribution in [0.4, 0.5) is 0 Å². The van der Waals surface area contributed by atoms with E-state index >= 15 is 0 Å². The Hall–Kier alpha value is -3.87. The van der Waals surface area contributed by atoms with Crippen LogP contribution in [0.25, 0.3) is 0 Å². The molecule has 2 aliphatic rings. The third kappa shape index (κ3) is 11.5. The summed E-state index contributed by atoms with van der Waals surface area (Å²) in [4.78, 5) is 84.4. The van der Waals surface area contributed by atoms with Gasteiger partial charge < -0.3 is 53.1 Å². The van der Waals surface area contributed by atoms with Crippen LogP contribution in [0.3, 0.4) is 0 Å². The lowest BCUT2D eigenvalue weighted by molar-refractivity contribution is -0.345. The number of hydrogen-bond acceptors (Lipinski definition) is 18. The van der Waals surface area contributed by atoms with Crippen molar-refractivity contribution in [3.05, 3.63) is 0 Å². The van der Waals surface area contributed by atoms with Crippen LogP contribution in [0.2, 0.25) is 0 Å². The molecule has 0 saturated carbocycles. The van der Waals surface area contributed by atoms with Gasteiger partial charge in [-0.1, -0.05) is 0 Å². The highest BCUT2D eigenvalue weighted by Crippen LogP contribution is 2.35. The van der Waals surface area contributed by atoms with Crippen LogP contribution < -0.4 is 5.73 Å². The highest BCUT2D eigenvalue weighted by Gasteiger charge is 2.57. The molecule has 2 heterocycles. The topological polar surface area (TPSA) is 238 Å². The van der Waals surface area contributed by atoms with Crippen molar-refractivity contribution < 1.29 is 80.9 Å². The average molecular weight is 664 g/mol. The summed E-state index contributed by atoms with van der Waals surface area (Å²) >= 11 is 0. The zero-order valence-electron chi connectivity index (χ0n) is 26.6. The summed E-state index contributed by atoms with van der Waals surface area (Å²) in [7, 11) is 0. The summed E-state index contributed by atoms with van der Waals surface area (Å²) < 4.78 is 55.9. The van der Waals surface area contributed by atoms with Gasteiger partial charge in [-0.25, -0.2) is 0 Å². The summed E-state index contributed by atoms with van der Waals surface area (Å²) in [6.07, 6.45) is -14.1. The average Bonchev–Trinajstić information content (AvgIpc) is 2.91. The van der Waals surface area contributed by atoms with Crippen LogP contribution in [0.15, 0.2) is 0 Å². The first-order chi connectivity index (χ1) is 21.5. The van der Waals surface area contributed by atoms with Crippen molar-refractivity contribution in [3.63, 3.8) is 0 Å². The molecule has 0 aromatic heterocycles. The van der Waals surface area contributed by atoms with Crippen LogP contribution >= 0.6 is 0 Å². The zero-order valence-corrected chi connectivity index (χ0v) is 26.6. The van der Waals surface area contributed by atoms with E-state index in [1.807, 2.05) is 0 Å². The molecule has 18 heteroatoms. The molecule has 0 bridgehead atoms. The molecule has 2 fully saturated rings. The number of hydrogen-bond donors (Lipinski definition) is 1. The van der Waals surface area contributed by atoms with E-state index in [4.69, 9.17) is 53.1 Å². The Morgan fingerprint density at radius 3 is 1.26 bits per heavy atom. The van der Waals surface area contributed by atoms with Crippen molar-refractivity contribution in [1.29, 1.82) is 0 Å². The van der Waals surface area contributed by atoms with E-state index in [1.165, 1.54) is 0 Å². The molecular weight excluding hydrogens is 622 g/mol. The second-order valence-electron chi connectivity index (χ2n) is 10.4. The lowest BCUT2D eigenvalue weighted by atomic mass is 9.92. The summed E-state index contributed by atoms with van der Waals surface area (Å²) in [5, 5.41) is 0. The van der Waals surface area contributed by atoms with E-state index in [2.05, 4.69) is 0 Å². The second-order valence-corrected chi connectivity index (χ2v) is 10.4. The Kier molecular flexibility index (Phi) is 14.8. The van der Waals surface area contributed by atoms with Crippen LogP contribution in [0.5, 0.6) is 0 Å². The molecule has 0 unspecified atom stereocenters. The molecule has 0 spiro atoms. The summed E-state index contributed by atoms with van der Waals surface area (Å²) in [6, 6.07) is 0. The zero-order chi connectivity index (χ0) is 34.7. The maximum atomic E-state index is 12.3. The van der Waals surface area contributed by atoms with Gasteiger partial charge in [0, 0.05) is 48.5 Å². The number of carbonyl (C=O) groups is 7. The number of rotatable bonds is 13. The van der Waals surface area contributed by atoms with Crippen LogP contribution in [-0.2, 0) is 80.9 Å². The third-order valence-corrected chi connectivity index (χ3v) is 6.48. The molecule has 0 radical (unpaired) electrons. The third-order valence-electron chi connectivity index (χ3n) is 6.48. The standard InChI is InChI=1S/C28H41NO17/c1-12(30)37-10-20-24(25(41-16(5)34)22(39-14(3)32)19(44-20)8-9-29)46-28-27(43-18(7)36)26(42-17(6)35)23(40-15(4)33)21(45-28)11-38-13(2)31/h19-28H,8-11,29H2,1-7H3/t19-,20+,21+,22-,23-,24+,25+,26-,27+,28-/m0/s1. The number of ether oxygens (including phenoxy) is 10. The summed E-state index contributed by atoms with van der Waals surface area (Å²) in [5.41, 5.74) is 5.76. The molecule has 0 aliphatic carbocycles. The Balaban J connectivity index is 2.70. The normalized spacial score (nSPS) is 30.6. The minimum absolute atomic E-state index is 0.0563. The largest absolute Gasteiger partial charge is 0.463 e. The minimum Gasteiger partial charge on any atom is -0.463 e. The first-order valence-corrected chi connectivity index (χ1v) is 14.3. The molecule has 10 atom stereocenters. The molecule has 46 heavy (non-hydrogen) atoms. The predicted octanol–water partition coefficient (Wildman–Crippen LogP) is -1.00. The van der Waals surface area contributed by atoms with Crippen molar-refractivity contribution in [3.8, 4) is 0 Å². The van der Waals surface area contributed by atoms with Crippen molar-refractivity contribution >= 4 is 41.8 Å². The van der Waals surface area contributed by atoms with Gasteiger partial charge in [-0.05, 0) is 13.0 Å². The number of nitrogens with two attached hydrogens (primary N) is 1. The van der Waals surface area contributed by atoms with Gasteiger partial charge in [-0.15, -0.1) is 0 Å². The SMILES string of the molecule is CC(=O)OC[C@H]1O[C@@H](O[C@H]2[C@H](OC(C)=O)[C@@H](OC(C)=O)[C@H](CCN)O[C@@H]2COC(C)=O)[C@H](OC(C)=O)[C@@H](OC(C)=O)[C@H]1OC(C)=O. The van der Waals surface area contributed by atoms with Gasteiger partial charge in [0.25, 0.3) is 0 Å². The molecule has 2 rings (SSSR count). The van der Waals surface area contributed by atoms with Gasteiger partial charge in [0.05, 0.1) is 0 Å². The van der Waals surface area contributed by atoms with E-state index in [9.17, 15) is 33.6 Å². The minimum atomic E-state index is -1.74. The predicted molar refractivity (Wildman–Crippen MR) is 147 cm³/mol. The Bertz CT molecular complexity index is 1130. The van der Waals surface area contributed by atoms with Gasteiger partial charge in [0.15, 0.2) is 36.8 Å².